The number of carbonyl (C=O) groups is 1. The van der Waals surface area contributed by atoms with Crippen LogP contribution in [-0.4, -0.2) is 54.3 Å². The molecule has 0 spiro atoms. The Balaban J connectivity index is 1.37. The Kier molecular flexibility index (Phi) is 9.36. The number of piperidine rings is 1. The number of halogens is 1. The molecule has 0 aliphatic carbocycles. The van der Waals surface area contributed by atoms with E-state index in [4.69, 9.17) is 16.3 Å². The third-order valence-electron chi connectivity index (χ3n) is 5.65. The number of anilines is 1. The van der Waals surface area contributed by atoms with Crippen molar-refractivity contribution in [1.29, 1.82) is 0 Å². The molecule has 1 aliphatic heterocycles. The fourth-order valence-corrected chi connectivity index (χ4v) is 3.79. The minimum absolute atomic E-state index is 0.0642. The Hall–Kier alpha value is -2.12. The van der Waals surface area contributed by atoms with Gasteiger partial charge in [-0.3, -0.25) is 9.69 Å². The van der Waals surface area contributed by atoms with Crippen LogP contribution in [0.15, 0.2) is 48.5 Å². The van der Waals surface area contributed by atoms with Gasteiger partial charge in [0.1, 0.15) is 18.5 Å². The van der Waals surface area contributed by atoms with Crippen LogP contribution in [0.1, 0.15) is 32.3 Å². The summed E-state index contributed by atoms with van der Waals surface area (Å²) in [6, 6.07) is 15.7. The number of rotatable bonds is 10. The molecule has 1 aliphatic rings. The second-order valence-electron chi connectivity index (χ2n) is 8.69. The quantitative estimate of drug-likeness (QED) is 0.502. The van der Waals surface area contributed by atoms with E-state index in [0.29, 0.717) is 24.0 Å². The van der Waals surface area contributed by atoms with Crippen LogP contribution in [0.3, 0.4) is 0 Å². The van der Waals surface area contributed by atoms with E-state index in [1.54, 1.807) is 12.1 Å². The Morgan fingerprint density at radius 3 is 2.53 bits per heavy atom. The van der Waals surface area contributed by atoms with E-state index in [2.05, 4.69) is 27.7 Å². The molecule has 1 heterocycles. The summed E-state index contributed by atoms with van der Waals surface area (Å²) < 4.78 is 5.79. The van der Waals surface area contributed by atoms with Gasteiger partial charge in [-0.2, -0.15) is 0 Å². The number of ether oxygens (including phenoxy) is 1. The summed E-state index contributed by atoms with van der Waals surface area (Å²) in [6.07, 6.45) is 1.46. The molecule has 0 aromatic heterocycles. The molecule has 0 bridgehead atoms. The second kappa shape index (κ2) is 12.2. The minimum Gasteiger partial charge on any atom is -0.489 e. The van der Waals surface area contributed by atoms with E-state index in [9.17, 15) is 9.90 Å². The van der Waals surface area contributed by atoms with Crippen molar-refractivity contribution in [2.45, 2.75) is 45.4 Å². The molecule has 2 aromatic carbocycles. The fourth-order valence-electron chi connectivity index (χ4n) is 3.66. The van der Waals surface area contributed by atoms with Crippen LogP contribution in [0.25, 0.3) is 0 Å². The van der Waals surface area contributed by atoms with E-state index in [0.717, 1.165) is 37.5 Å². The number of hydrogen-bond donors (Lipinski definition) is 3. The average Bonchev–Trinajstić information content (AvgIpc) is 2.79. The van der Waals surface area contributed by atoms with Crippen LogP contribution in [-0.2, 0) is 11.3 Å². The highest BCUT2D eigenvalue weighted by Crippen LogP contribution is 2.24. The SMILES string of the molecule is CC(C)C(=O)Nc1ccccc1OCC(O)CNC1CCN(Cc2ccc(Cl)cc2)CC1. The maximum Gasteiger partial charge on any atom is 0.227 e. The van der Waals surface area contributed by atoms with Gasteiger partial charge in [0.05, 0.1) is 5.69 Å². The van der Waals surface area contributed by atoms with Crippen LogP contribution in [0.5, 0.6) is 5.75 Å². The van der Waals surface area contributed by atoms with E-state index >= 15 is 0 Å². The van der Waals surface area contributed by atoms with Gasteiger partial charge in [0.25, 0.3) is 0 Å². The Morgan fingerprint density at radius 1 is 1.16 bits per heavy atom. The highest BCUT2D eigenvalue weighted by atomic mass is 35.5. The lowest BCUT2D eigenvalue weighted by Gasteiger charge is -2.33. The fraction of sp³-hybridized carbons (Fsp3) is 0.480. The molecule has 1 fully saturated rings. The molecule has 2 aromatic rings. The van der Waals surface area contributed by atoms with E-state index < -0.39 is 6.10 Å². The van der Waals surface area contributed by atoms with Crippen LogP contribution in [0.2, 0.25) is 5.02 Å². The van der Waals surface area contributed by atoms with Gasteiger partial charge in [-0.15, -0.1) is 0 Å². The Morgan fingerprint density at radius 2 is 1.84 bits per heavy atom. The molecule has 3 N–H and O–H groups in total. The van der Waals surface area contributed by atoms with Crippen molar-refractivity contribution in [2.75, 3.05) is 31.6 Å². The van der Waals surface area contributed by atoms with Crippen molar-refractivity contribution in [3.8, 4) is 5.75 Å². The third kappa shape index (κ3) is 7.78. The molecule has 1 atom stereocenters. The number of benzene rings is 2. The van der Waals surface area contributed by atoms with Gasteiger partial charge in [0.15, 0.2) is 0 Å². The normalized spacial score (nSPS) is 16.2. The topological polar surface area (TPSA) is 73.8 Å². The first kappa shape index (κ1) is 24.5. The first-order valence-electron chi connectivity index (χ1n) is 11.3. The van der Waals surface area contributed by atoms with Crippen LogP contribution in [0, 0.1) is 5.92 Å². The minimum atomic E-state index is -0.629. The van der Waals surface area contributed by atoms with Gasteiger partial charge >= 0.3 is 0 Å². The van der Waals surface area contributed by atoms with Gasteiger partial charge in [-0.25, -0.2) is 0 Å². The molecule has 1 saturated heterocycles. The molecule has 1 amide bonds. The zero-order chi connectivity index (χ0) is 22.9. The zero-order valence-electron chi connectivity index (χ0n) is 18.9. The predicted octanol–water partition coefficient (Wildman–Crippen LogP) is 3.93. The highest BCUT2D eigenvalue weighted by Gasteiger charge is 2.20. The van der Waals surface area contributed by atoms with Gasteiger partial charge in [-0.1, -0.05) is 49.7 Å². The zero-order valence-corrected chi connectivity index (χ0v) is 19.6. The number of carbonyl (C=O) groups excluding carboxylic acids is 1. The van der Waals surface area contributed by atoms with Gasteiger partial charge in [0, 0.05) is 30.1 Å². The lowest BCUT2D eigenvalue weighted by atomic mass is 10.0. The van der Waals surface area contributed by atoms with E-state index in [1.807, 2.05) is 38.1 Å². The molecule has 3 rings (SSSR count). The molecular formula is C25H34ClN3O3. The van der Waals surface area contributed by atoms with Crippen molar-refractivity contribution >= 4 is 23.2 Å². The van der Waals surface area contributed by atoms with Gasteiger partial charge in [-0.05, 0) is 55.8 Å². The van der Waals surface area contributed by atoms with Crippen molar-refractivity contribution < 1.29 is 14.6 Å². The first-order valence-corrected chi connectivity index (χ1v) is 11.7. The van der Waals surface area contributed by atoms with Gasteiger partial charge in [0.2, 0.25) is 5.91 Å². The van der Waals surface area contributed by atoms with E-state index in [1.165, 1.54) is 5.56 Å². The summed E-state index contributed by atoms with van der Waals surface area (Å²) in [7, 11) is 0. The maximum absolute atomic E-state index is 12.0. The lowest BCUT2D eigenvalue weighted by molar-refractivity contribution is -0.118. The molecule has 32 heavy (non-hydrogen) atoms. The number of aliphatic hydroxyl groups excluding tert-OH is 1. The third-order valence-corrected chi connectivity index (χ3v) is 5.90. The molecule has 6 nitrogen and oxygen atoms in total. The molecule has 0 saturated carbocycles. The number of para-hydroxylation sites is 2. The molecule has 1 unspecified atom stereocenters. The molecule has 0 radical (unpaired) electrons. The average molecular weight is 460 g/mol. The molecule has 174 valence electrons. The van der Waals surface area contributed by atoms with Crippen LogP contribution < -0.4 is 15.4 Å². The second-order valence-corrected chi connectivity index (χ2v) is 9.13. The van der Waals surface area contributed by atoms with Crippen LogP contribution >= 0.6 is 11.6 Å². The standard InChI is InChI=1S/C25H34ClN3O3/c1-18(2)25(31)28-23-5-3-4-6-24(23)32-17-22(30)15-27-21-11-13-29(14-12-21)16-19-7-9-20(26)10-8-19/h3-10,18,21-22,27,30H,11-17H2,1-2H3,(H,28,31). The van der Waals surface area contributed by atoms with E-state index in [-0.39, 0.29) is 18.4 Å². The highest BCUT2D eigenvalue weighted by molar-refractivity contribution is 6.30. The first-order chi connectivity index (χ1) is 15.4. The van der Waals surface area contributed by atoms with Gasteiger partial charge < -0.3 is 20.5 Å². The van der Waals surface area contributed by atoms with Crippen molar-refractivity contribution in [2.24, 2.45) is 5.92 Å². The number of nitrogens with zero attached hydrogens (tertiary/aromatic N) is 1. The number of nitrogens with one attached hydrogen (secondary N) is 2. The predicted molar refractivity (Wildman–Crippen MR) is 129 cm³/mol. The number of aliphatic hydroxyl groups is 1. The molecular weight excluding hydrogens is 426 g/mol. The number of hydrogen-bond acceptors (Lipinski definition) is 5. The number of amides is 1. The Labute approximate surface area is 195 Å². The lowest BCUT2D eigenvalue weighted by Crippen LogP contribution is -2.45. The summed E-state index contributed by atoms with van der Waals surface area (Å²) in [4.78, 5) is 14.4. The van der Waals surface area contributed by atoms with Crippen molar-refractivity contribution in [3.05, 3.63) is 59.1 Å². The summed E-state index contributed by atoms with van der Waals surface area (Å²) in [5.41, 5.74) is 1.90. The maximum atomic E-state index is 12.0. The summed E-state index contributed by atoms with van der Waals surface area (Å²) >= 11 is 5.96. The summed E-state index contributed by atoms with van der Waals surface area (Å²) in [5.74, 6) is 0.386. The summed E-state index contributed by atoms with van der Waals surface area (Å²) in [5, 5.41) is 17.5. The summed E-state index contributed by atoms with van der Waals surface area (Å²) in [6.45, 7) is 7.31. The largest absolute Gasteiger partial charge is 0.489 e. The molecule has 7 heteroatoms. The van der Waals surface area contributed by atoms with Crippen LogP contribution in [0.4, 0.5) is 5.69 Å². The monoisotopic (exact) mass is 459 g/mol. The number of likely N-dealkylation sites (tertiary alicyclic amines) is 1. The van der Waals surface area contributed by atoms with Crippen molar-refractivity contribution in [3.63, 3.8) is 0 Å². The van der Waals surface area contributed by atoms with Crippen molar-refractivity contribution in [1.82, 2.24) is 10.2 Å². The smallest absolute Gasteiger partial charge is 0.227 e. The Bertz CT molecular complexity index is 852.